The molecule has 1 aliphatic rings. The minimum absolute atomic E-state index is 0.0708. The van der Waals surface area contributed by atoms with E-state index in [1.54, 1.807) is 0 Å². The topological polar surface area (TPSA) is 81.1 Å². The molecule has 6 aromatic rings. The lowest BCUT2D eigenvalue weighted by Gasteiger charge is -2.43. The molecule has 60 heavy (non-hydrogen) atoms. The summed E-state index contributed by atoms with van der Waals surface area (Å²) in [5, 5.41) is 26.0. The van der Waals surface area contributed by atoms with Crippen LogP contribution in [0.4, 0.5) is 0 Å². The van der Waals surface area contributed by atoms with Gasteiger partial charge in [-0.3, -0.25) is 20.0 Å². The van der Waals surface area contributed by atoms with Crippen molar-refractivity contribution in [2.24, 2.45) is 0 Å². The second-order valence-electron chi connectivity index (χ2n) is 17.3. The first-order chi connectivity index (χ1) is 28.8. The average molecular weight is 799 g/mol. The molecule has 1 fully saturated rings. The Morgan fingerprint density at radius 3 is 0.767 bits per heavy atom. The van der Waals surface area contributed by atoms with Crippen molar-refractivity contribution in [3.8, 4) is 0 Å². The molecule has 7 rings (SSSR count). The van der Waals surface area contributed by atoms with Gasteiger partial charge in [-0.1, -0.05) is 192 Å². The summed E-state index contributed by atoms with van der Waals surface area (Å²) in [7, 11) is 0. The van der Waals surface area contributed by atoms with Gasteiger partial charge in [-0.25, -0.2) is 10.1 Å². The number of nitrogens with zero attached hydrogens (tertiary/aromatic N) is 2. The maximum absolute atomic E-state index is 14.9. The van der Waals surface area contributed by atoms with Crippen LogP contribution in [0.2, 0.25) is 0 Å². The van der Waals surface area contributed by atoms with Crippen molar-refractivity contribution in [1.82, 2.24) is 10.1 Å². The molecule has 0 radical (unpaired) electrons. The third-order valence-electron chi connectivity index (χ3n) is 12.9. The minimum Gasteiger partial charge on any atom is -0.286 e. The molecule has 0 saturated heterocycles. The second kappa shape index (κ2) is 17.8. The van der Waals surface area contributed by atoms with Crippen LogP contribution in [-0.2, 0) is 20.4 Å². The third-order valence-corrected chi connectivity index (χ3v) is 12.9. The Labute approximate surface area is 356 Å². The van der Waals surface area contributed by atoms with E-state index in [2.05, 4.69) is 146 Å². The smallest absolute Gasteiger partial charge is 0.247 e. The number of carbonyl (C=O) groups excluding carboxylic acids is 2. The predicted octanol–water partition coefficient (Wildman–Crippen LogP) is 11.4. The molecule has 6 nitrogen and oxygen atoms in total. The van der Waals surface area contributed by atoms with Gasteiger partial charge in [-0.2, -0.15) is 0 Å². The van der Waals surface area contributed by atoms with Gasteiger partial charge in [-0.05, 0) is 87.8 Å². The molecule has 0 heterocycles. The quantitative estimate of drug-likeness (QED) is 0.0734. The molecule has 0 spiro atoms. The molecule has 1 saturated carbocycles. The fourth-order valence-electron chi connectivity index (χ4n) is 9.29. The summed E-state index contributed by atoms with van der Waals surface area (Å²) < 4.78 is 0. The summed E-state index contributed by atoms with van der Waals surface area (Å²) >= 11 is 0. The molecular weight excluding hydrogens is 741 g/mol. The number of hydroxylamine groups is 4. The van der Waals surface area contributed by atoms with Crippen LogP contribution in [0.1, 0.15) is 105 Å². The van der Waals surface area contributed by atoms with Crippen molar-refractivity contribution in [3.05, 3.63) is 212 Å². The van der Waals surface area contributed by atoms with E-state index in [4.69, 9.17) is 0 Å². The zero-order valence-electron chi connectivity index (χ0n) is 35.9. The monoisotopic (exact) mass is 798 g/mol. The van der Waals surface area contributed by atoms with Gasteiger partial charge in [0.2, 0.25) is 11.8 Å². The standard InChI is InChI=1S/C54H58N2O4/c1-37-11-23-43(24-12-37)53(44-25-13-38(2)14-26-44,45-27-15-39(3)16-28-45)35-51(57)55(59)49-9-7-8-10-50(49)56(60)52(58)36-54(46-29-17-40(4)18-30-46,47-31-19-41(5)20-32-47)48-33-21-42(6)22-34-48/h11-34,49-50,59-60H,7-10,35-36H2,1-6H3/t49-,50-/m1/s1. The van der Waals surface area contributed by atoms with Crippen molar-refractivity contribution in [1.29, 1.82) is 0 Å². The molecule has 0 bridgehead atoms. The number of amides is 2. The first-order valence-electron chi connectivity index (χ1n) is 21.3. The van der Waals surface area contributed by atoms with Crippen LogP contribution >= 0.6 is 0 Å². The van der Waals surface area contributed by atoms with Crippen LogP contribution in [0, 0.1) is 41.5 Å². The summed E-state index contributed by atoms with van der Waals surface area (Å²) in [6.07, 6.45) is 2.21. The molecule has 0 unspecified atom stereocenters. The molecule has 2 N–H and O–H groups in total. The van der Waals surface area contributed by atoms with E-state index in [-0.39, 0.29) is 12.8 Å². The van der Waals surface area contributed by atoms with E-state index in [9.17, 15) is 20.0 Å². The Morgan fingerprint density at radius 1 is 0.400 bits per heavy atom. The molecule has 6 aromatic carbocycles. The summed E-state index contributed by atoms with van der Waals surface area (Å²) in [5.74, 6) is -0.967. The second-order valence-corrected chi connectivity index (χ2v) is 17.3. The van der Waals surface area contributed by atoms with E-state index in [1.807, 2.05) is 41.5 Å². The Hall–Kier alpha value is -5.82. The molecule has 1 aliphatic carbocycles. The first kappa shape index (κ1) is 42.3. The van der Waals surface area contributed by atoms with Gasteiger partial charge < -0.3 is 0 Å². The van der Waals surface area contributed by atoms with Gasteiger partial charge in [0.1, 0.15) is 0 Å². The molecule has 2 amide bonds. The SMILES string of the molecule is Cc1ccc(C(CC(=O)N(O)[C@@H]2CCCC[C@H]2N(O)C(=O)CC(c2ccc(C)cc2)(c2ccc(C)cc2)c2ccc(C)cc2)(c2ccc(C)cc2)c2ccc(C)cc2)cc1. The van der Waals surface area contributed by atoms with Crippen LogP contribution < -0.4 is 0 Å². The maximum Gasteiger partial charge on any atom is 0.247 e. The maximum atomic E-state index is 14.9. The summed E-state index contributed by atoms with van der Waals surface area (Å²) in [6, 6.07) is 48.0. The molecule has 6 heteroatoms. The predicted molar refractivity (Wildman–Crippen MR) is 239 cm³/mol. The van der Waals surface area contributed by atoms with Crippen LogP contribution in [0.25, 0.3) is 0 Å². The normalized spacial score (nSPS) is 15.7. The highest BCUT2D eigenvalue weighted by atomic mass is 16.5. The Kier molecular flexibility index (Phi) is 12.6. The van der Waals surface area contributed by atoms with Crippen LogP contribution in [0.15, 0.2) is 146 Å². The Balaban J connectivity index is 1.26. The zero-order chi connectivity index (χ0) is 42.6. The van der Waals surface area contributed by atoms with Crippen molar-refractivity contribution in [2.75, 3.05) is 0 Å². The highest BCUT2D eigenvalue weighted by Gasteiger charge is 2.46. The number of carbonyl (C=O) groups is 2. The van der Waals surface area contributed by atoms with Crippen LogP contribution in [0.5, 0.6) is 0 Å². The zero-order valence-corrected chi connectivity index (χ0v) is 35.9. The van der Waals surface area contributed by atoms with Gasteiger partial charge >= 0.3 is 0 Å². The van der Waals surface area contributed by atoms with Crippen molar-refractivity contribution < 1.29 is 20.0 Å². The van der Waals surface area contributed by atoms with E-state index < -0.39 is 34.7 Å². The van der Waals surface area contributed by atoms with E-state index in [1.165, 1.54) is 0 Å². The summed E-state index contributed by atoms with van der Waals surface area (Å²) in [5.41, 5.74) is 10.3. The Morgan fingerprint density at radius 2 is 0.583 bits per heavy atom. The van der Waals surface area contributed by atoms with Crippen LogP contribution in [0.3, 0.4) is 0 Å². The fourth-order valence-corrected chi connectivity index (χ4v) is 9.29. The highest BCUT2D eigenvalue weighted by Crippen LogP contribution is 2.45. The van der Waals surface area contributed by atoms with Gasteiger partial charge in [0.25, 0.3) is 0 Å². The third kappa shape index (κ3) is 8.45. The lowest BCUT2D eigenvalue weighted by atomic mass is 9.66. The number of hydrogen-bond acceptors (Lipinski definition) is 4. The number of rotatable bonds is 12. The summed E-state index contributed by atoms with van der Waals surface area (Å²) in [4.78, 5) is 29.7. The van der Waals surface area contributed by atoms with Crippen molar-refractivity contribution in [3.63, 3.8) is 0 Å². The number of aryl methyl sites for hydroxylation is 6. The highest BCUT2D eigenvalue weighted by molar-refractivity contribution is 5.81. The average Bonchev–Trinajstić information content (AvgIpc) is 3.26. The van der Waals surface area contributed by atoms with Crippen LogP contribution in [-0.4, -0.2) is 44.4 Å². The van der Waals surface area contributed by atoms with Gasteiger partial charge in [0.05, 0.1) is 22.9 Å². The molecule has 2 atom stereocenters. The largest absolute Gasteiger partial charge is 0.286 e. The lowest BCUT2D eigenvalue weighted by Crippen LogP contribution is -2.56. The molecule has 308 valence electrons. The number of hydrogen-bond donors (Lipinski definition) is 2. The minimum atomic E-state index is -0.943. The van der Waals surface area contributed by atoms with E-state index in [0.29, 0.717) is 12.8 Å². The lowest BCUT2D eigenvalue weighted by molar-refractivity contribution is -0.214. The van der Waals surface area contributed by atoms with Gasteiger partial charge in [0, 0.05) is 12.8 Å². The Bertz CT molecular complexity index is 1990. The summed E-state index contributed by atoms with van der Waals surface area (Å²) in [6.45, 7) is 12.3. The number of benzene rings is 6. The molecule has 0 aliphatic heterocycles. The van der Waals surface area contributed by atoms with Crippen molar-refractivity contribution >= 4 is 11.8 Å². The van der Waals surface area contributed by atoms with E-state index >= 15 is 0 Å². The van der Waals surface area contributed by atoms with E-state index in [0.717, 1.165) is 89.7 Å². The van der Waals surface area contributed by atoms with Gasteiger partial charge in [-0.15, -0.1) is 0 Å². The van der Waals surface area contributed by atoms with Gasteiger partial charge in [0.15, 0.2) is 0 Å². The molecule has 0 aromatic heterocycles. The fraction of sp³-hybridized carbons (Fsp3) is 0.296. The first-order valence-corrected chi connectivity index (χ1v) is 21.3. The molecular formula is C54H58N2O4. The van der Waals surface area contributed by atoms with Crippen molar-refractivity contribution in [2.45, 2.75) is 103 Å².